The molecule has 1 aliphatic carbocycles. The third kappa shape index (κ3) is 2.73. The Hall–Kier alpha value is -2.35. The lowest BCUT2D eigenvalue weighted by atomic mass is 10.0. The fraction of sp³-hybridized carbons (Fsp3) is 0.500. The molecule has 3 heterocycles. The molecule has 2 aliphatic heterocycles. The highest BCUT2D eigenvalue weighted by Crippen LogP contribution is 2.42. The summed E-state index contributed by atoms with van der Waals surface area (Å²) in [7, 11) is -2.99. The molecule has 1 saturated heterocycles. The molecule has 2 aromatic rings. The van der Waals surface area contributed by atoms with Gasteiger partial charge >= 0.3 is 0 Å². The average molecular weight is 401 g/mol. The van der Waals surface area contributed by atoms with E-state index in [1.807, 2.05) is 47.7 Å². The van der Waals surface area contributed by atoms with E-state index in [1.54, 1.807) is 0 Å². The van der Waals surface area contributed by atoms with Gasteiger partial charge in [0.15, 0.2) is 9.84 Å². The Bertz CT molecular complexity index is 1070. The average Bonchev–Trinajstić information content (AvgIpc) is 3.35. The van der Waals surface area contributed by atoms with Crippen molar-refractivity contribution in [2.24, 2.45) is 0 Å². The van der Waals surface area contributed by atoms with Crippen LogP contribution in [-0.2, 0) is 9.84 Å². The van der Waals surface area contributed by atoms with E-state index in [4.69, 9.17) is 5.10 Å². The van der Waals surface area contributed by atoms with Crippen molar-refractivity contribution in [3.8, 4) is 0 Å². The van der Waals surface area contributed by atoms with Gasteiger partial charge in [0.2, 0.25) is 0 Å². The van der Waals surface area contributed by atoms with Crippen molar-refractivity contribution in [2.75, 3.05) is 16.8 Å². The number of anilines is 1. The third-order valence-corrected chi connectivity index (χ3v) is 7.86. The van der Waals surface area contributed by atoms with Gasteiger partial charge in [-0.3, -0.25) is 9.48 Å². The maximum Gasteiger partial charge on any atom is 0.258 e. The Kier molecular flexibility index (Phi) is 3.84. The number of carbonyl (C=O) groups excluding carboxylic acids is 1. The van der Waals surface area contributed by atoms with Crippen molar-refractivity contribution in [1.82, 2.24) is 14.7 Å². The lowest BCUT2D eigenvalue weighted by molar-refractivity contribution is 0.0665. The summed E-state index contributed by atoms with van der Waals surface area (Å²) in [4.78, 5) is 15.2. The molecule has 148 valence electrons. The maximum atomic E-state index is 13.2. The second-order valence-electron chi connectivity index (χ2n) is 8.12. The summed E-state index contributed by atoms with van der Waals surface area (Å²) in [6.07, 6.45) is 2.34. The molecule has 5 rings (SSSR count). The van der Waals surface area contributed by atoms with Crippen LogP contribution in [0.5, 0.6) is 0 Å². The molecule has 8 heteroatoms. The Morgan fingerprint density at radius 2 is 1.86 bits per heavy atom. The molecule has 1 N–H and O–H groups in total. The number of nitrogens with zero attached hydrogens (tertiary/aromatic N) is 3. The predicted molar refractivity (Wildman–Crippen MR) is 106 cm³/mol. The molecule has 1 amide bonds. The van der Waals surface area contributed by atoms with Crippen LogP contribution in [0.3, 0.4) is 0 Å². The molecular formula is C20H24N4O3S. The number of para-hydroxylation sites is 1. The number of aromatic nitrogens is 2. The number of amides is 1. The minimum atomic E-state index is -2.99. The van der Waals surface area contributed by atoms with Crippen molar-refractivity contribution in [2.45, 2.75) is 51.4 Å². The minimum absolute atomic E-state index is 0.0526. The van der Waals surface area contributed by atoms with Gasteiger partial charge in [0, 0.05) is 23.0 Å². The lowest BCUT2D eigenvalue weighted by Crippen LogP contribution is -2.44. The van der Waals surface area contributed by atoms with Gasteiger partial charge in [0.05, 0.1) is 28.8 Å². The first kappa shape index (κ1) is 17.7. The molecule has 7 nitrogen and oxygen atoms in total. The summed E-state index contributed by atoms with van der Waals surface area (Å²) in [5.74, 6) is 0.407. The Morgan fingerprint density at radius 3 is 2.54 bits per heavy atom. The SMILES string of the molecule is Cc1nn([C@@H]2CCS(=O)(=O)C2)c(C)c1[C@H]1Nc2ccccc2C(=O)N1C1CC1. The van der Waals surface area contributed by atoms with Gasteiger partial charge in [-0.2, -0.15) is 5.10 Å². The highest BCUT2D eigenvalue weighted by Gasteiger charge is 2.44. The van der Waals surface area contributed by atoms with Crippen LogP contribution in [0.15, 0.2) is 24.3 Å². The van der Waals surface area contributed by atoms with Gasteiger partial charge in [-0.1, -0.05) is 12.1 Å². The fourth-order valence-electron chi connectivity index (χ4n) is 4.60. The van der Waals surface area contributed by atoms with E-state index in [1.165, 1.54) is 0 Å². The molecular weight excluding hydrogens is 376 g/mol. The van der Waals surface area contributed by atoms with Gasteiger partial charge < -0.3 is 10.2 Å². The van der Waals surface area contributed by atoms with E-state index < -0.39 is 9.84 Å². The molecule has 3 aliphatic rings. The molecule has 2 atom stereocenters. The third-order valence-electron chi connectivity index (χ3n) is 6.11. The highest BCUT2D eigenvalue weighted by atomic mass is 32.2. The van der Waals surface area contributed by atoms with Crippen LogP contribution in [0.1, 0.15) is 58.8 Å². The molecule has 2 fully saturated rings. The quantitative estimate of drug-likeness (QED) is 0.856. The summed E-state index contributed by atoms with van der Waals surface area (Å²) in [5, 5.41) is 8.25. The molecule has 1 aromatic heterocycles. The Morgan fingerprint density at radius 1 is 1.11 bits per heavy atom. The van der Waals surface area contributed by atoms with Crippen LogP contribution in [0, 0.1) is 13.8 Å². The van der Waals surface area contributed by atoms with Crippen LogP contribution in [0.2, 0.25) is 0 Å². The van der Waals surface area contributed by atoms with Crippen molar-refractivity contribution in [3.63, 3.8) is 0 Å². The lowest BCUT2D eigenvalue weighted by Gasteiger charge is -2.38. The second-order valence-corrected chi connectivity index (χ2v) is 10.4. The number of hydrogen-bond acceptors (Lipinski definition) is 5. The van der Waals surface area contributed by atoms with Gasteiger partial charge in [-0.05, 0) is 45.2 Å². The van der Waals surface area contributed by atoms with E-state index in [-0.39, 0.29) is 35.7 Å². The molecule has 1 aromatic carbocycles. The maximum absolute atomic E-state index is 13.2. The van der Waals surface area contributed by atoms with E-state index in [0.717, 1.165) is 35.5 Å². The Labute approximate surface area is 164 Å². The Balaban J connectivity index is 1.58. The van der Waals surface area contributed by atoms with Gasteiger partial charge in [0.1, 0.15) is 6.17 Å². The number of aryl methyl sites for hydroxylation is 1. The summed E-state index contributed by atoms with van der Waals surface area (Å²) in [6.45, 7) is 3.93. The van der Waals surface area contributed by atoms with Crippen LogP contribution >= 0.6 is 0 Å². The van der Waals surface area contributed by atoms with Crippen LogP contribution in [-0.4, -0.2) is 46.6 Å². The number of hydrogen-bond donors (Lipinski definition) is 1. The standard InChI is InChI=1S/C20H24N4O3S/c1-12-18(13(2)24(22-12)15-9-10-28(26,27)11-15)19-21-17-6-4-3-5-16(17)20(25)23(19)14-7-8-14/h3-6,14-15,19,21H,7-11H2,1-2H3/t15-,19+/m1/s1. The number of rotatable bonds is 3. The first-order valence-electron chi connectivity index (χ1n) is 9.80. The molecule has 0 radical (unpaired) electrons. The summed E-state index contributed by atoms with van der Waals surface area (Å²) in [6, 6.07) is 7.73. The molecule has 0 unspecified atom stereocenters. The van der Waals surface area contributed by atoms with E-state index >= 15 is 0 Å². The zero-order valence-electron chi connectivity index (χ0n) is 16.1. The van der Waals surface area contributed by atoms with E-state index in [2.05, 4.69) is 5.32 Å². The minimum Gasteiger partial charge on any atom is -0.361 e. The van der Waals surface area contributed by atoms with Crippen molar-refractivity contribution in [1.29, 1.82) is 0 Å². The van der Waals surface area contributed by atoms with E-state index in [9.17, 15) is 13.2 Å². The van der Waals surface area contributed by atoms with Crippen molar-refractivity contribution < 1.29 is 13.2 Å². The van der Waals surface area contributed by atoms with Crippen LogP contribution < -0.4 is 5.32 Å². The fourth-order valence-corrected chi connectivity index (χ4v) is 6.30. The number of sulfone groups is 1. The topological polar surface area (TPSA) is 84.3 Å². The molecule has 0 bridgehead atoms. The van der Waals surface area contributed by atoms with Crippen molar-refractivity contribution in [3.05, 3.63) is 46.8 Å². The number of fused-ring (bicyclic) bond motifs is 1. The zero-order chi connectivity index (χ0) is 19.6. The monoisotopic (exact) mass is 400 g/mol. The number of nitrogens with one attached hydrogen (secondary N) is 1. The van der Waals surface area contributed by atoms with Crippen molar-refractivity contribution >= 4 is 21.4 Å². The van der Waals surface area contributed by atoms with Crippen LogP contribution in [0.4, 0.5) is 5.69 Å². The van der Waals surface area contributed by atoms with Crippen LogP contribution in [0.25, 0.3) is 0 Å². The summed E-state index contributed by atoms with van der Waals surface area (Å²) in [5.41, 5.74) is 4.31. The number of carbonyl (C=O) groups is 1. The highest BCUT2D eigenvalue weighted by molar-refractivity contribution is 7.91. The normalized spacial score (nSPS) is 26.2. The molecule has 0 spiro atoms. The smallest absolute Gasteiger partial charge is 0.258 e. The summed E-state index contributed by atoms with van der Waals surface area (Å²) >= 11 is 0. The van der Waals surface area contributed by atoms with E-state index in [0.29, 0.717) is 12.0 Å². The summed E-state index contributed by atoms with van der Waals surface area (Å²) < 4.78 is 25.8. The second kappa shape index (κ2) is 6.07. The largest absolute Gasteiger partial charge is 0.361 e. The number of benzene rings is 1. The molecule has 28 heavy (non-hydrogen) atoms. The zero-order valence-corrected chi connectivity index (χ0v) is 16.9. The first-order valence-corrected chi connectivity index (χ1v) is 11.6. The predicted octanol–water partition coefficient (Wildman–Crippen LogP) is 2.59. The first-order chi connectivity index (χ1) is 13.4. The van der Waals surface area contributed by atoms with Gasteiger partial charge in [-0.25, -0.2) is 8.42 Å². The van der Waals surface area contributed by atoms with Gasteiger partial charge in [0.25, 0.3) is 5.91 Å². The molecule has 1 saturated carbocycles. The van der Waals surface area contributed by atoms with Gasteiger partial charge in [-0.15, -0.1) is 0 Å².